The maximum Gasteiger partial charge on any atom is 0.307 e. The van der Waals surface area contributed by atoms with Crippen LogP contribution in [0.15, 0.2) is 30.4 Å². The van der Waals surface area contributed by atoms with E-state index in [0.29, 0.717) is 29.0 Å². The van der Waals surface area contributed by atoms with E-state index in [2.05, 4.69) is 11.4 Å². The highest BCUT2D eigenvalue weighted by molar-refractivity contribution is 5.96. The Morgan fingerprint density at radius 1 is 1.04 bits per heavy atom. The summed E-state index contributed by atoms with van der Waals surface area (Å²) >= 11 is 0. The van der Waals surface area contributed by atoms with Gasteiger partial charge in [0.15, 0.2) is 11.5 Å². The Morgan fingerprint density at radius 2 is 1.68 bits per heavy atom. The summed E-state index contributed by atoms with van der Waals surface area (Å²) in [7, 11) is 3.08. The Hall–Kier alpha value is -2.50. The Balaban J connectivity index is 1.58. The largest absolute Gasteiger partial charge is 0.493 e. The van der Waals surface area contributed by atoms with Crippen molar-refractivity contribution in [2.24, 2.45) is 35.5 Å². The van der Waals surface area contributed by atoms with Gasteiger partial charge in [0.25, 0.3) is 0 Å². The minimum Gasteiger partial charge on any atom is -0.493 e. The molecule has 5 rings (SSSR count). The second-order valence-corrected chi connectivity index (χ2v) is 7.05. The average molecular weight is 343 g/mol. The zero-order chi connectivity index (χ0) is 17.7. The van der Waals surface area contributed by atoms with E-state index in [-0.39, 0.29) is 17.7 Å². The SMILES string of the molecule is COc1ccc(NC(=O)[C@H]2[C@H]3C=C[C@@H]([C@@H]4C[C@H]34)[C@@H]2C(=O)O)cc1OC. The van der Waals surface area contributed by atoms with Crippen molar-refractivity contribution < 1.29 is 24.2 Å². The highest BCUT2D eigenvalue weighted by Gasteiger charge is 2.62. The average Bonchev–Trinajstić information content (AvgIpc) is 3.43. The summed E-state index contributed by atoms with van der Waals surface area (Å²) in [5.74, 6) is -0.269. The van der Waals surface area contributed by atoms with Crippen molar-refractivity contribution in [3.8, 4) is 11.5 Å². The van der Waals surface area contributed by atoms with Gasteiger partial charge in [-0.05, 0) is 42.2 Å². The fourth-order valence-corrected chi connectivity index (χ4v) is 4.71. The zero-order valence-electron chi connectivity index (χ0n) is 14.1. The molecule has 132 valence electrons. The third kappa shape index (κ3) is 2.47. The molecule has 2 N–H and O–H groups in total. The van der Waals surface area contributed by atoms with Gasteiger partial charge in [0.2, 0.25) is 5.91 Å². The highest BCUT2D eigenvalue weighted by Crippen LogP contribution is 2.63. The molecule has 0 aliphatic heterocycles. The molecule has 0 heterocycles. The van der Waals surface area contributed by atoms with Crippen molar-refractivity contribution in [1.29, 1.82) is 0 Å². The number of ether oxygens (including phenoxy) is 2. The lowest BCUT2D eigenvalue weighted by molar-refractivity contribution is -0.152. The molecule has 2 saturated carbocycles. The number of carbonyl (C=O) groups is 2. The van der Waals surface area contributed by atoms with Crippen LogP contribution in [0, 0.1) is 35.5 Å². The van der Waals surface area contributed by atoms with Crippen LogP contribution in [0.3, 0.4) is 0 Å². The maximum atomic E-state index is 12.9. The minimum absolute atomic E-state index is 0.0198. The molecule has 0 radical (unpaired) electrons. The molecular weight excluding hydrogens is 322 g/mol. The van der Waals surface area contributed by atoms with E-state index in [1.165, 1.54) is 7.11 Å². The third-order valence-electron chi connectivity index (χ3n) is 5.89. The first kappa shape index (κ1) is 16.0. The lowest BCUT2D eigenvalue weighted by Crippen LogP contribution is -2.48. The molecule has 2 fully saturated rings. The van der Waals surface area contributed by atoms with Gasteiger partial charge in [-0.3, -0.25) is 9.59 Å². The number of aliphatic carboxylic acids is 1. The van der Waals surface area contributed by atoms with E-state index in [4.69, 9.17) is 9.47 Å². The summed E-state index contributed by atoms with van der Waals surface area (Å²) < 4.78 is 10.5. The number of benzene rings is 1. The van der Waals surface area contributed by atoms with Gasteiger partial charge in [-0.25, -0.2) is 0 Å². The van der Waals surface area contributed by atoms with Crippen LogP contribution in [-0.4, -0.2) is 31.2 Å². The van der Waals surface area contributed by atoms with E-state index in [9.17, 15) is 14.7 Å². The molecule has 0 spiro atoms. The van der Waals surface area contributed by atoms with Gasteiger partial charge in [-0.15, -0.1) is 0 Å². The number of carboxylic acids is 1. The number of hydrogen-bond acceptors (Lipinski definition) is 4. The van der Waals surface area contributed by atoms with Gasteiger partial charge >= 0.3 is 5.97 Å². The normalized spacial score (nSPS) is 34.2. The van der Waals surface area contributed by atoms with Crippen LogP contribution >= 0.6 is 0 Å². The molecule has 4 aliphatic carbocycles. The van der Waals surface area contributed by atoms with Gasteiger partial charge in [0.05, 0.1) is 26.1 Å². The summed E-state index contributed by atoms with van der Waals surface area (Å²) in [5, 5.41) is 12.6. The van der Waals surface area contributed by atoms with Crippen LogP contribution < -0.4 is 14.8 Å². The molecule has 4 aliphatic rings. The predicted octanol–water partition coefficient (Wildman–Crippen LogP) is 2.41. The number of carboxylic acid groups (broad SMARTS) is 1. The number of methoxy groups -OCH3 is 2. The Bertz CT molecular complexity index is 758. The zero-order valence-corrected chi connectivity index (χ0v) is 14.1. The smallest absolute Gasteiger partial charge is 0.307 e. The third-order valence-corrected chi connectivity index (χ3v) is 5.89. The summed E-state index contributed by atoms with van der Waals surface area (Å²) in [4.78, 5) is 24.7. The molecule has 0 unspecified atom stereocenters. The van der Waals surface area contributed by atoms with Crippen molar-refractivity contribution in [2.45, 2.75) is 6.42 Å². The number of rotatable bonds is 5. The van der Waals surface area contributed by atoms with E-state index in [1.54, 1.807) is 25.3 Å². The molecule has 6 nitrogen and oxygen atoms in total. The number of hydrogen-bond donors (Lipinski definition) is 2. The van der Waals surface area contributed by atoms with Crippen molar-refractivity contribution in [3.63, 3.8) is 0 Å². The molecule has 2 bridgehead atoms. The lowest BCUT2D eigenvalue weighted by atomic mass is 9.62. The molecule has 1 aromatic rings. The van der Waals surface area contributed by atoms with Crippen molar-refractivity contribution in [3.05, 3.63) is 30.4 Å². The predicted molar refractivity (Wildman–Crippen MR) is 90.5 cm³/mol. The number of fused-ring (bicyclic) bond motifs is 1. The fraction of sp³-hybridized carbons (Fsp3) is 0.474. The minimum atomic E-state index is -0.878. The molecule has 6 atom stereocenters. The quantitative estimate of drug-likeness (QED) is 0.802. The summed E-state index contributed by atoms with van der Waals surface area (Å²) in [6, 6.07) is 5.13. The standard InChI is InChI=1S/C19H21NO5/c1-24-14-6-3-9(7-15(14)25-2)20-18(21)16-10-4-5-11(13-8-12(10)13)17(16)19(22)23/h3-7,10-13,16-17H,8H2,1-2H3,(H,20,21)(H,22,23)/t10-,11-,12+,13-,16-,17-/m0/s1. The number of allylic oxidation sites excluding steroid dienone is 2. The second-order valence-electron chi connectivity index (χ2n) is 7.05. The summed E-state index contributed by atoms with van der Waals surface area (Å²) in [6.45, 7) is 0. The number of amides is 1. The topological polar surface area (TPSA) is 84.9 Å². The van der Waals surface area contributed by atoms with Crippen LogP contribution in [0.4, 0.5) is 5.69 Å². The van der Waals surface area contributed by atoms with Crippen LogP contribution in [0.5, 0.6) is 11.5 Å². The van der Waals surface area contributed by atoms with Gasteiger partial charge in [0, 0.05) is 11.8 Å². The molecule has 1 aromatic carbocycles. The first-order valence-corrected chi connectivity index (χ1v) is 8.49. The lowest BCUT2D eigenvalue weighted by Gasteiger charge is -2.41. The monoisotopic (exact) mass is 343 g/mol. The van der Waals surface area contributed by atoms with E-state index >= 15 is 0 Å². The Labute approximate surface area is 145 Å². The number of carbonyl (C=O) groups excluding carboxylic acids is 1. The van der Waals surface area contributed by atoms with Crippen LogP contribution in [0.25, 0.3) is 0 Å². The van der Waals surface area contributed by atoms with Gasteiger partial charge < -0.3 is 19.9 Å². The molecule has 1 amide bonds. The Kier molecular flexibility index (Phi) is 3.71. The van der Waals surface area contributed by atoms with Gasteiger partial charge in [0.1, 0.15) is 0 Å². The van der Waals surface area contributed by atoms with Crippen molar-refractivity contribution in [2.75, 3.05) is 19.5 Å². The van der Waals surface area contributed by atoms with E-state index in [0.717, 1.165) is 6.42 Å². The van der Waals surface area contributed by atoms with Crippen LogP contribution in [0.2, 0.25) is 0 Å². The fourth-order valence-electron chi connectivity index (χ4n) is 4.71. The molecule has 0 saturated heterocycles. The molecule has 0 aromatic heterocycles. The van der Waals surface area contributed by atoms with Crippen LogP contribution in [-0.2, 0) is 9.59 Å². The summed E-state index contributed by atoms with van der Waals surface area (Å²) in [5.41, 5.74) is 0.574. The number of nitrogens with one attached hydrogen (secondary N) is 1. The van der Waals surface area contributed by atoms with E-state index < -0.39 is 17.8 Å². The molecular formula is C19H21NO5. The first-order valence-electron chi connectivity index (χ1n) is 8.49. The Morgan fingerprint density at radius 3 is 2.28 bits per heavy atom. The van der Waals surface area contributed by atoms with E-state index in [1.807, 2.05) is 6.08 Å². The molecule has 6 heteroatoms. The first-order chi connectivity index (χ1) is 12.0. The summed E-state index contributed by atoms with van der Waals surface area (Å²) in [6.07, 6.45) is 5.10. The van der Waals surface area contributed by atoms with Gasteiger partial charge in [-0.1, -0.05) is 12.2 Å². The maximum absolute atomic E-state index is 12.9. The van der Waals surface area contributed by atoms with Gasteiger partial charge in [-0.2, -0.15) is 0 Å². The van der Waals surface area contributed by atoms with Crippen LogP contribution in [0.1, 0.15) is 6.42 Å². The highest BCUT2D eigenvalue weighted by atomic mass is 16.5. The van der Waals surface area contributed by atoms with Crippen molar-refractivity contribution in [1.82, 2.24) is 0 Å². The second kappa shape index (κ2) is 5.79. The molecule has 25 heavy (non-hydrogen) atoms. The number of anilines is 1. The van der Waals surface area contributed by atoms with Crippen molar-refractivity contribution >= 4 is 17.6 Å².